The minimum absolute atomic E-state index is 0.0647. The van der Waals surface area contributed by atoms with E-state index in [0.29, 0.717) is 23.1 Å². The van der Waals surface area contributed by atoms with Gasteiger partial charge in [-0.1, -0.05) is 6.07 Å². The van der Waals surface area contributed by atoms with Crippen molar-refractivity contribution in [3.05, 3.63) is 47.5 Å². The summed E-state index contributed by atoms with van der Waals surface area (Å²) in [6.07, 6.45) is 2.40. The summed E-state index contributed by atoms with van der Waals surface area (Å²) in [7, 11) is 0. The highest BCUT2D eigenvalue weighted by Gasteiger charge is 2.29. The molecule has 1 saturated carbocycles. The summed E-state index contributed by atoms with van der Waals surface area (Å²) in [6.45, 7) is 5.02. The van der Waals surface area contributed by atoms with Crippen molar-refractivity contribution in [3.8, 4) is 5.75 Å². The largest absolute Gasteiger partial charge is 0.487 e. The zero-order valence-corrected chi connectivity index (χ0v) is 14.0. The average molecular weight is 331 g/mol. The fraction of sp³-hybridized carbons (Fsp3) is 0.444. The number of hydrogen-bond acceptors (Lipinski definition) is 3. The van der Waals surface area contributed by atoms with Crippen molar-refractivity contribution in [2.45, 2.75) is 39.3 Å². The highest BCUT2D eigenvalue weighted by Crippen LogP contribution is 2.30. The van der Waals surface area contributed by atoms with E-state index in [-0.39, 0.29) is 24.4 Å². The Labute approximate surface area is 140 Å². The number of nitrogens with one attached hydrogen (secondary N) is 1. The zero-order valence-electron chi connectivity index (χ0n) is 14.0. The third kappa shape index (κ3) is 4.13. The summed E-state index contributed by atoms with van der Waals surface area (Å²) in [5, 5.41) is 6.92. The van der Waals surface area contributed by atoms with Gasteiger partial charge in [0, 0.05) is 18.7 Å². The number of aromatic nitrogens is 2. The fourth-order valence-electron chi connectivity index (χ4n) is 2.52. The van der Waals surface area contributed by atoms with Gasteiger partial charge in [-0.15, -0.1) is 0 Å². The van der Waals surface area contributed by atoms with Gasteiger partial charge in [0.2, 0.25) is 0 Å². The lowest BCUT2D eigenvalue weighted by atomic mass is 10.2. The zero-order chi connectivity index (χ0) is 17.1. The molecule has 6 heteroatoms. The van der Waals surface area contributed by atoms with Crippen molar-refractivity contribution < 1.29 is 13.9 Å². The van der Waals surface area contributed by atoms with Crippen LogP contribution in [0.1, 0.15) is 42.9 Å². The monoisotopic (exact) mass is 331 g/mol. The number of nitrogens with zero attached hydrogens (tertiary/aromatic N) is 2. The maximum atomic E-state index is 13.1. The normalized spacial score (nSPS) is 14.0. The summed E-state index contributed by atoms with van der Waals surface area (Å²) < 4.78 is 18.6. The lowest BCUT2D eigenvalue weighted by Gasteiger charge is -2.25. The van der Waals surface area contributed by atoms with E-state index in [2.05, 4.69) is 10.2 Å². The van der Waals surface area contributed by atoms with Gasteiger partial charge < -0.3 is 9.64 Å². The van der Waals surface area contributed by atoms with Crippen LogP contribution in [0.25, 0.3) is 0 Å². The Hall–Kier alpha value is -2.37. The Bertz CT molecular complexity index is 710. The van der Waals surface area contributed by atoms with Gasteiger partial charge in [-0.05, 0) is 50.8 Å². The molecule has 0 atom stereocenters. The molecule has 0 radical (unpaired) electrons. The fourth-order valence-corrected chi connectivity index (χ4v) is 2.52. The van der Waals surface area contributed by atoms with Crippen LogP contribution in [0.4, 0.5) is 4.39 Å². The standard InChI is InChI=1S/C18H22FN3O2/c1-12(2)22(10-13-6-7-13)18(23)17-9-15(20-21-17)11-24-16-5-3-4-14(19)8-16/h3-5,8-9,12-13H,6-7,10-11H2,1-2H3,(H,20,21). The lowest BCUT2D eigenvalue weighted by molar-refractivity contribution is 0.0690. The Morgan fingerprint density at radius 1 is 1.42 bits per heavy atom. The van der Waals surface area contributed by atoms with E-state index in [1.165, 1.54) is 25.0 Å². The van der Waals surface area contributed by atoms with Gasteiger partial charge in [0.05, 0.1) is 5.69 Å². The summed E-state index contributed by atoms with van der Waals surface area (Å²) in [4.78, 5) is 14.5. The molecular weight excluding hydrogens is 309 g/mol. The molecule has 1 amide bonds. The molecule has 5 nitrogen and oxygen atoms in total. The van der Waals surface area contributed by atoms with Crippen LogP contribution in [0.15, 0.2) is 30.3 Å². The van der Waals surface area contributed by atoms with E-state index in [9.17, 15) is 9.18 Å². The second-order valence-electron chi connectivity index (χ2n) is 6.52. The molecular formula is C18H22FN3O2. The van der Waals surface area contributed by atoms with Crippen LogP contribution in [-0.2, 0) is 6.61 Å². The minimum Gasteiger partial charge on any atom is -0.487 e. The Balaban J connectivity index is 1.62. The van der Waals surface area contributed by atoms with Gasteiger partial charge in [0.15, 0.2) is 5.69 Å². The molecule has 0 unspecified atom stereocenters. The van der Waals surface area contributed by atoms with Crippen molar-refractivity contribution >= 4 is 5.91 Å². The molecule has 1 fully saturated rings. The second kappa shape index (κ2) is 7.03. The number of ether oxygens (including phenoxy) is 1. The van der Waals surface area contributed by atoms with E-state index in [1.807, 2.05) is 18.7 Å². The first-order chi connectivity index (χ1) is 11.5. The molecule has 1 heterocycles. The predicted octanol–water partition coefficient (Wildman–Crippen LogP) is 3.39. The molecule has 1 aliphatic carbocycles. The molecule has 0 aliphatic heterocycles. The van der Waals surface area contributed by atoms with Crippen LogP contribution in [0.2, 0.25) is 0 Å². The highest BCUT2D eigenvalue weighted by atomic mass is 19.1. The van der Waals surface area contributed by atoms with Crippen LogP contribution in [0.3, 0.4) is 0 Å². The third-order valence-electron chi connectivity index (χ3n) is 4.08. The number of rotatable bonds is 7. The van der Waals surface area contributed by atoms with E-state index < -0.39 is 0 Å². The van der Waals surface area contributed by atoms with Gasteiger partial charge >= 0.3 is 0 Å². The summed E-state index contributed by atoms with van der Waals surface area (Å²) >= 11 is 0. The van der Waals surface area contributed by atoms with Gasteiger partial charge in [-0.25, -0.2) is 4.39 Å². The van der Waals surface area contributed by atoms with Crippen molar-refractivity contribution in [2.24, 2.45) is 5.92 Å². The maximum absolute atomic E-state index is 13.1. The second-order valence-corrected chi connectivity index (χ2v) is 6.52. The topological polar surface area (TPSA) is 58.2 Å². The molecule has 1 aromatic heterocycles. The first-order valence-corrected chi connectivity index (χ1v) is 8.26. The molecule has 24 heavy (non-hydrogen) atoms. The summed E-state index contributed by atoms with van der Waals surface area (Å²) in [5.41, 5.74) is 1.07. The number of aromatic amines is 1. The van der Waals surface area contributed by atoms with Crippen LogP contribution in [0, 0.1) is 11.7 Å². The van der Waals surface area contributed by atoms with Gasteiger partial charge in [0.1, 0.15) is 18.2 Å². The third-order valence-corrected chi connectivity index (χ3v) is 4.08. The van der Waals surface area contributed by atoms with E-state index >= 15 is 0 Å². The number of benzene rings is 1. The van der Waals surface area contributed by atoms with Gasteiger partial charge in [-0.3, -0.25) is 9.89 Å². The number of carbonyl (C=O) groups excluding carboxylic acids is 1. The maximum Gasteiger partial charge on any atom is 0.274 e. The lowest BCUT2D eigenvalue weighted by Crippen LogP contribution is -2.38. The first kappa shape index (κ1) is 16.5. The quantitative estimate of drug-likeness (QED) is 0.846. The molecule has 0 spiro atoms. The van der Waals surface area contributed by atoms with Crippen molar-refractivity contribution in [1.82, 2.24) is 15.1 Å². The molecule has 1 N–H and O–H groups in total. The Morgan fingerprint density at radius 3 is 2.88 bits per heavy atom. The van der Waals surface area contributed by atoms with Crippen LogP contribution in [0.5, 0.6) is 5.75 Å². The number of hydrogen-bond donors (Lipinski definition) is 1. The molecule has 1 aromatic carbocycles. The molecule has 2 aromatic rings. The number of amides is 1. The van der Waals surface area contributed by atoms with Crippen LogP contribution in [-0.4, -0.2) is 33.6 Å². The van der Waals surface area contributed by atoms with Crippen molar-refractivity contribution in [2.75, 3.05) is 6.54 Å². The SMILES string of the molecule is CC(C)N(CC1CC1)C(=O)c1cc(COc2cccc(F)c2)[nH]n1. The van der Waals surface area contributed by atoms with Gasteiger partial charge in [0.25, 0.3) is 5.91 Å². The number of carbonyl (C=O) groups is 1. The van der Waals surface area contributed by atoms with Crippen LogP contribution < -0.4 is 4.74 Å². The van der Waals surface area contributed by atoms with Crippen LogP contribution >= 0.6 is 0 Å². The molecule has 128 valence electrons. The van der Waals surface area contributed by atoms with Gasteiger partial charge in [-0.2, -0.15) is 5.10 Å². The van der Waals surface area contributed by atoms with Crippen molar-refractivity contribution in [3.63, 3.8) is 0 Å². The van der Waals surface area contributed by atoms with Crippen molar-refractivity contribution in [1.29, 1.82) is 0 Å². The smallest absolute Gasteiger partial charge is 0.274 e. The number of halogens is 1. The van der Waals surface area contributed by atoms with E-state index in [4.69, 9.17) is 4.74 Å². The van der Waals surface area contributed by atoms with E-state index in [0.717, 1.165) is 6.54 Å². The molecule has 0 saturated heterocycles. The highest BCUT2D eigenvalue weighted by molar-refractivity contribution is 5.92. The summed E-state index contributed by atoms with van der Waals surface area (Å²) in [6, 6.07) is 7.79. The molecule has 1 aliphatic rings. The average Bonchev–Trinajstić information content (AvgIpc) is 3.25. The summed E-state index contributed by atoms with van der Waals surface area (Å²) in [5.74, 6) is 0.659. The predicted molar refractivity (Wildman–Crippen MR) is 88.2 cm³/mol. The first-order valence-electron chi connectivity index (χ1n) is 8.26. The van der Waals surface area contributed by atoms with E-state index in [1.54, 1.807) is 18.2 Å². The Morgan fingerprint density at radius 2 is 2.21 bits per heavy atom. The number of H-pyrrole nitrogens is 1. The Kier molecular flexibility index (Phi) is 4.83. The molecule has 3 rings (SSSR count). The molecule has 0 bridgehead atoms. The minimum atomic E-state index is -0.347.